The summed E-state index contributed by atoms with van der Waals surface area (Å²) in [5.74, 6) is 0.483. The van der Waals surface area contributed by atoms with Crippen LogP contribution in [0.4, 0.5) is 0 Å². The van der Waals surface area contributed by atoms with Crippen LogP contribution in [0.1, 0.15) is 44.1 Å². The average molecular weight is 260 g/mol. The van der Waals surface area contributed by atoms with Gasteiger partial charge < -0.3 is 11.1 Å². The van der Waals surface area contributed by atoms with E-state index in [0.29, 0.717) is 12.5 Å². The summed E-state index contributed by atoms with van der Waals surface area (Å²) >= 11 is 0. The molecule has 3 nitrogen and oxygen atoms in total. The Bertz CT molecular complexity index is 404. The van der Waals surface area contributed by atoms with Gasteiger partial charge in [0.1, 0.15) is 0 Å². The molecular formula is C16H24N2O. The predicted molar refractivity (Wildman–Crippen MR) is 77.8 cm³/mol. The van der Waals surface area contributed by atoms with Gasteiger partial charge in [0.15, 0.2) is 0 Å². The summed E-state index contributed by atoms with van der Waals surface area (Å²) in [6, 6.07) is 10.3. The Kier molecular flexibility index (Phi) is 4.97. The van der Waals surface area contributed by atoms with Crippen molar-refractivity contribution in [2.45, 2.75) is 44.6 Å². The van der Waals surface area contributed by atoms with E-state index in [2.05, 4.69) is 24.4 Å². The van der Waals surface area contributed by atoms with Crippen LogP contribution < -0.4 is 11.1 Å². The fourth-order valence-corrected chi connectivity index (χ4v) is 2.77. The summed E-state index contributed by atoms with van der Waals surface area (Å²) in [5, 5.41) is 3.06. The lowest BCUT2D eigenvalue weighted by Crippen LogP contribution is -2.44. The first-order chi connectivity index (χ1) is 9.18. The molecule has 0 heterocycles. The van der Waals surface area contributed by atoms with E-state index in [0.717, 1.165) is 25.7 Å². The van der Waals surface area contributed by atoms with Crippen LogP contribution >= 0.6 is 0 Å². The van der Waals surface area contributed by atoms with Crippen molar-refractivity contribution >= 4 is 5.91 Å². The van der Waals surface area contributed by atoms with Gasteiger partial charge in [-0.1, -0.05) is 50.1 Å². The maximum atomic E-state index is 12.2. The smallest absolute Gasteiger partial charge is 0.224 e. The normalized spacial score (nSPS) is 24.7. The third-order valence-corrected chi connectivity index (χ3v) is 4.11. The van der Waals surface area contributed by atoms with Gasteiger partial charge in [-0.25, -0.2) is 0 Å². The van der Waals surface area contributed by atoms with Gasteiger partial charge in [-0.05, 0) is 24.3 Å². The number of benzene rings is 1. The summed E-state index contributed by atoms with van der Waals surface area (Å²) in [6.07, 6.45) is 4.20. The van der Waals surface area contributed by atoms with Crippen molar-refractivity contribution < 1.29 is 4.79 Å². The molecule has 19 heavy (non-hydrogen) atoms. The van der Waals surface area contributed by atoms with Gasteiger partial charge in [0.25, 0.3) is 0 Å². The molecule has 3 atom stereocenters. The molecule has 0 bridgehead atoms. The minimum Gasteiger partial charge on any atom is -0.355 e. The molecular weight excluding hydrogens is 236 g/mol. The highest BCUT2D eigenvalue weighted by atomic mass is 16.1. The van der Waals surface area contributed by atoms with Gasteiger partial charge in [-0.2, -0.15) is 0 Å². The van der Waals surface area contributed by atoms with Crippen LogP contribution in [0.5, 0.6) is 0 Å². The quantitative estimate of drug-likeness (QED) is 0.873. The number of hydrogen-bond donors (Lipinski definition) is 2. The number of nitrogens with two attached hydrogens (primary N) is 1. The Hall–Kier alpha value is -1.35. The van der Waals surface area contributed by atoms with Crippen molar-refractivity contribution in [1.82, 2.24) is 5.32 Å². The third-order valence-electron chi connectivity index (χ3n) is 4.11. The summed E-state index contributed by atoms with van der Waals surface area (Å²) in [5.41, 5.74) is 7.30. The highest BCUT2D eigenvalue weighted by Gasteiger charge is 2.28. The van der Waals surface area contributed by atoms with Crippen LogP contribution in [0.25, 0.3) is 0 Å². The lowest BCUT2D eigenvalue weighted by molar-refractivity contribution is -0.126. The number of hydrogen-bond acceptors (Lipinski definition) is 2. The molecule has 104 valence electrons. The Morgan fingerprint density at radius 3 is 2.68 bits per heavy atom. The summed E-state index contributed by atoms with van der Waals surface area (Å²) in [4.78, 5) is 12.2. The SMILES string of the molecule is CC(CNC(=O)C1CCCCC1N)c1ccccc1. The van der Waals surface area contributed by atoms with Crippen LogP contribution in [0.15, 0.2) is 30.3 Å². The summed E-state index contributed by atoms with van der Waals surface area (Å²) in [7, 11) is 0. The third kappa shape index (κ3) is 3.80. The minimum atomic E-state index is 0.0109. The molecule has 0 radical (unpaired) electrons. The van der Waals surface area contributed by atoms with E-state index >= 15 is 0 Å². The van der Waals surface area contributed by atoms with Gasteiger partial charge >= 0.3 is 0 Å². The summed E-state index contributed by atoms with van der Waals surface area (Å²) in [6.45, 7) is 2.82. The molecule has 0 saturated heterocycles. The second-order valence-electron chi connectivity index (χ2n) is 5.61. The molecule has 0 aliphatic heterocycles. The monoisotopic (exact) mass is 260 g/mol. The van der Waals surface area contributed by atoms with Crippen molar-refractivity contribution in [1.29, 1.82) is 0 Å². The molecule has 1 aromatic rings. The van der Waals surface area contributed by atoms with E-state index < -0.39 is 0 Å². The van der Waals surface area contributed by atoms with Crippen molar-refractivity contribution in [2.75, 3.05) is 6.54 Å². The molecule has 1 saturated carbocycles. The van der Waals surface area contributed by atoms with Gasteiger partial charge in [0.2, 0.25) is 5.91 Å². The highest BCUT2D eigenvalue weighted by molar-refractivity contribution is 5.79. The topological polar surface area (TPSA) is 55.1 Å². The fraction of sp³-hybridized carbons (Fsp3) is 0.562. The first-order valence-electron chi connectivity index (χ1n) is 7.26. The molecule has 0 spiro atoms. The Labute approximate surface area is 115 Å². The molecule has 3 heteroatoms. The standard InChI is InChI=1S/C16H24N2O/c1-12(13-7-3-2-4-8-13)11-18-16(19)14-9-5-6-10-15(14)17/h2-4,7-8,12,14-15H,5-6,9-11,17H2,1H3,(H,18,19). The molecule has 2 rings (SSSR count). The number of rotatable bonds is 4. The lowest BCUT2D eigenvalue weighted by Gasteiger charge is -2.28. The van der Waals surface area contributed by atoms with Gasteiger partial charge in [0.05, 0.1) is 5.92 Å². The zero-order valence-corrected chi connectivity index (χ0v) is 11.6. The zero-order valence-electron chi connectivity index (χ0n) is 11.6. The molecule has 3 N–H and O–H groups in total. The number of carbonyl (C=O) groups is 1. The average Bonchev–Trinajstić information content (AvgIpc) is 2.46. The Balaban J connectivity index is 1.83. The summed E-state index contributed by atoms with van der Waals surface area (Å²) < 4.78 is 0. The molecule has 1 aliphatic rings. The molecule has 1 aliphatic carbocycles. The van der Waals surface area contributed by atoms with Crippen molar-refractivity contribution in [2.24, 2.45) is 11.7 Å². The van der Waals surface area contributed by atoms with E-state index in [4.69, 9.17) is 5.73 Å². The molecule has 1 amide bonds. The second kappa shape index (κ2) is 6.71. The fourth-order valence-electron chi connectivity index (χ4n) is 2.77. The van der Waals surface area contributed by atoms with Crippen molar-refractivity contribution in [3.05, 3.63) is 35.9 Å². The zero-order chi connectivity index (χ0) is 13.7. The molecule has 1 aromatic carbocycles. The van der Waals surface area contributed by atoms with Crippen LogP contribution in [-0.4, -0.2) is 18.5 Å². The van der Waals surface area contributed by atoms with E-state index in [1.54, 1.807) is 0 Å². The first kappa shape index (κ1) is 14.1. The first-order valence-corrected chi connectivity index (χ1v) is 7.26. The van der Waals surface area contributed by atoms with Crippen LogP contribution in [0, 0.1) is 5.92 Å². The second-order valence-corrected chi connectivity index (χ2v) is 5.61. The van der Waals surface area contributed by atoms with Crippen molar-refractivity contribution in [3.63, 3.8) is 0 Å². The Morgan fingerprint density at radius 1 is 1.32 bits per heavy atom. The van der Waals surface area contributed by atoms with Gasteiger partial charge in [-0.15, -0.1) is 0 Å². The molecule has 0 aromatic heterocycles. The van der Waals surface area contributed by atoms with Gasteiger partial charge in [0, 0.05) is 12.6 Å². The van der Waals surface area contributed by atoms with Crippen molar-refractivity contribution in [3.8, 4) is 0 Å². The van der Waals surface area contributed by atoms with Crippen LogP contribution in [0.2, 0.25) is 0 Å². The molecule has 1 fully saturated rings. The largest absolute Gasteiger partial charge is 0.355 e. The molecule has 3 unspecified atom stereocenters. The predicted octanol–water partition coefficient (Wildman–Crippen LogP) is 2.42. The number of carbonyl (C=O) groups excluding carboxylic acids is 1. The van der Waals surface area contributed by atoms with E-state index in [9.17, 15) is 4.79 Å². The van der Waals surface area contributed by atoms with E-state index in [1.165, 1.54) is 5.56 Å². The minimum absolute atomic E-state index is 0.0109. The van der Waals surface area contributed by atoms with E-state index in [-0.39, 0.29) is 17.9 Å². The Morgan fingerprint density at radius 2 is 2.00 bits per heavy atom. The lowest BCUT2D eigenvalue weighted by atomic mass is 9.84. The highest BCUT2D eigenvalue weighted by Crippen LogP contribution is 2.23. The van der Waals surface area contributed by atoms with E-state index in [1.807, 2.05) is 18.2 Å². The van der Waals surface area contributed by atoms with Crippen LogP contribution in [-0.2, 0) is 4.79 Å². The number of nitrogens with one attached hydrogen (secondary N) is 1. The van der Waals surface area contributed by atoms with Gasteiger partial charge in [-0.3, -0.25) is 4.79 Å². The van der Waals surface area contributed by atoms with Crippen LogP contribution in [0.3, 0.4) is 0 Å². The number of amides is 1. The maximum absolute atomic E-state index is 12.2. The maximum Gasteiger partial charge on any atom is 0.224 e.